The molecule has 1 saturated carbocycles. The number of ether oxygens (including phenoxy) is 1. The first kappa shape index (κ1) is 10.6. The Balaban J connectivity index is 2.04. The van der Waals surface area contributed by atoms with Crippen molar-refractivity contribution in [3.05, 3.63) is 6.42 Å². The Morgan fingerprint density at radius 3 is 2.77 bits per heavy atom. The number of hydrogen-bond acceptors (Lipinski definition) is 1. The van der Waals surface area contributed by atoms with Gasteiger partial charge in [0.15, 0.2) is 0 Å². The van der Waals surface area contributed by atoms with E-state index in [0.29, 0.717) is 0 Å². The zero-order valence-electron chi connectivity index (χ0n) is 8.51. The van der Waals surface area contributed by atoms with Gasteiger partial charge in [-0.2, -0.15) is 0 Å². The summed E-state index contributed by atoms with van der Waals surface area (Å²) < 4.78 is 4.93. The van der Waals surface area contributed by atoms with Crippen LogP contribution in [0.2, 0.25) is 0 Å². The van der Waals surface area contributed by atoms with Crippen LogP contribution in [0.1, 0.15) is 38.5 Å². The molecule has 73 valence electrons. The minimum atomic E-state index is 0.769. The van der Waals surface area contributed by atoms with Crippen molar-refractivity contribution in [3.8, 4) is 11.8 Å². The van der Waals surface area contributed by atoms with Crippen LogP contribution in [-0.4, -0.2) is 13.7 Å². The Morgan fingerprint density at radius 2 is 2.08 bits per heavy atom. The van der Waals surface area contributed by atoms with Crippen LogP contribution in [0.4, 0.5) is 0 Å². The third-order valence-corrected chi connectivity index (χ3v) is 2.51. The summed E-state index contributed by atoms with van der Waals surface area (Å²) in [6, 6.07) is 0. The van der Waals surface area contributed by atoms with E-state index in [-0.39, 0.29) is 0 Å². The van der Waals surface area contributed by atoms with E-state index in [0.717, 1.165) is 25.4 Å². The summed E-state index contributed by atoms with van der Waals surface area (Å²) in [5, 5.41) is 0. The molecule has 1 aliphatic carbocycles. The fourth-order valence-electron chi connectivity index (χ4n) is 1.66. The van der Waals surface area contributed by atoms with Crippen molar-refractivity contribution >= 4 is 0 Å². The SMILES string of the molecule is COCCC#CCC1CC[CH]CC1. The summed E-state index contributed by atoms with van der Waals surface area (Å²) in [6.45, 7) is 0.769. The lowest BCUT2D eigenvalue weighted by Crippen LogP contribution is -2.05. The van der Waals surface area contributed by atoms with E-state index in [1.54, 1.807) is 7.11 Å². The third kappa shape index (κ3) is 4.95. The van der Waals surface area contributed by atoms with E-state index in [9.17, 15) is 0 Å². The van der Waals surface area contributed by atoms with Gasteiger partial charge in [-0.1, -0.05) is 0 Å². The second kappa shape index (κ2) is 6.97. The summed E-state index contributed by atoms with van der Waals surface area (Å²) in [4.78, 5) is 0. The molecule has 1 fully saturated rings. The van der Waals surface area contributed by atoms with E-state index < -0.39 is 0 Å². The summed E-state index contributed by atoms with van der Waals surface area (Å²) in [6.07, 6.45) is 9.66. The third-order valence-electron chi connectivity index (χ3n) is 2.51. The summed E-state index contributed by atoms with van der Waals surface area (Å²) in [5.41, 5.74) is 0. The van der Waals surface area contributed by atoms with Gasteiger partial charge in [-0.15, -0.1) is 11.8 Å². The van der Waals surface area contributed by atoms with Gasteiger partial charge in [-0.3, -0.25) is 0 Å². The molecule has 0 aliphatic heterocycles. The minimum absolute atomic E-state index is 0.769. The first-order chi connectivity index (χ1) is 6.43. The largest absolute Gasteiger partial charge is 0.384 e. The van der Waals surface area contributed by atoms with Gasteiger partial charge in [0.1, 0.15) is 0 Å². The quantitative estimate of drug-likeness (QED) is 0.478. The molecule has 0 bridgehead atoms. The van der Waals surface area contributed by atoms with Crippen LogP contribution in [0.15, 0.2) is 0 Å². The van der Waals surface area contributed by atoms with Crippen LogP contribution in [0.5, 0.6) is 0 Å². The van der Waals surface area contributed by atoms with Crippen molar-refractivity contribution in [2.45, 2.75) is 38.5 Å². The van der Waals surface area contributed by atoms with Crippen LogP contribution in [0.3, 0.4) is 0 Å². The van der Waals surface area contributed by atoms with Crippen molar-refractivity contribution in [2.24, 2.45) is 5.92 Å². The van der Waals surface area contributed by atoms with Crippen molar-refractivity contribution in [3.63, 3.8) is 0 Å². The van der Waals surface area contributed by atoms with E-state index >= 15 is 0 Å². The highest BCUT2D eigenvalue weighted by Gasteiger charge is 2.11. The second-order valence-electron chi connectivity index (χ2n) is 3.61. The smallest absolute Gasteiger partial charge is 0.0571 e. The van der Waals surface area contributed by atoms with Crippen molar-refractivity contribution in [1.82, 2.24) is 0 Å². The molecule has 0 N–H and O–H groups in total. The van der Waals surface area contributed by atoms with Crippen molar-refractivity contribution in [1.29, 1.82) is 0 Å². The highest BCUT2D eigenvalue weighted by atomic mass is 16.5. The number of hydrogen-bond donors (Lipinski definition) is 0. The molecule has 0 aromatic rings. The van der Waals surface area contributed by atoms with Crippen LogP contribution in [0, 0.1) is 24.2 Å². The van der Waals surface area contributed by atoms with Crippen LogP contribution in [0.25, 0.3) is 0 Å². The summed E-state index contributed by atoms with van der Waals surface area (Å²) in [7, 11) is 1.72. The molecule has 1 heteroatoms. The lowest BCUT2D eigenvalue weighted by Gasteiger charge is -2.18. The van der Waals surface area contributed by atoms with Gasteiger partial charge in [-0.05, 0) is 38.0 Å². The Kier molecular flexibility index (Phi) is 5.69. The highest BCUT2D eigenvalue weighted by Crippen LogP contribution is 2.24. The maximum absolute atomic E-state index is 4.93. The summed E-state index contributed by atoms with van der Waals surface area (Å²) >= 11 is 0. The predicted octanol–water partition coefficient (Wildman–Crippen LogP) is 2.81. The molecule has 0 heterocycles. The Morgan fingerprint density at radius 1 is 1.31 bits per heavy atom. The van der Waals surface area contributed by atoms with Gasteiger partial charge in [0, 0.05) is 20.0 Å². The Hall–Kier alpha value is -0.480. The Labute approximate surface area is 81.9 Å². The highest BCUT2D eigenvalue weighted by molar-refractivity contribution is 5.00. The fraction of sp³-hybridized carbons (Fsp3) is 0.750. The molecular weight excluding hydrogens is 160 g/mol. The van der Waals surface area contributed by atoms with Crippen LogP contribution < -0.4 is 0 Å². The zero-order chi connectivity index (χ0) is 9.36. The molecular formula is C12H19O. The van der Waals surface area contributed by atoms with Crippen molar-refractivity contribution < 1.29 is 4.74 Å². The first-order valence-corrected chi connectivity index (χ1v) is 5.20. The standard InChI is InChI=1S/C12H19O/c1-13-11-7-3-6-10-12-8-4-2-5-9-12/h2,12H,4-5,7-11H2,1H3. The number of methoxy groups -OCH3 is 1. The summed E-state index contributed by atoms with van der Waals surface area (Å²) in [5.74, 6) is 7.26. The monoisotopic (exact) mass is 179 g/mol. The van der Waals surface area contributed by atoms with Gasteiger partial charge < -0.3 is 4.74 Å². The first-order valence-electron chi connectivity index (χ1n) is 5.20. The molecule has 1 aliphatic rings. The van der Waals surface area contributed by atoms with Gasteiger partial charge in [0.2, 0.25) is 0 Å². The molecule has 13 heavy (non-hydrogen) atoms. The molecule has 0 amide bonds. The van der Waals surface area contributed by atoms with Gasteiger partial charge in [0.05, 0.1) is 6.61 Å². The molecule has 0 atom stereocenters. The molecule has 0 unspecified atom stereocenters. The van der Waals surface area contributed by atoms with Gasteiger partial charge >= 0.3 is 0 Å². The molecule has 0 saturated heterocycles. The van der Waals surface area contributed by atoms with Crippen LogP contribution in [-0.2, 0) is 4.74 Å². The number of rotatable bonds is 3. The van der Waals surface area contributed by atoms with E-state index in [1.165, 1.54) is 25.7 Å². The molecule has 1 radical (unpaired) electrons. The fourth-order valence-corrected chi connectivity index (χ4v) is 1.66. The molecule has 1 rings (SSSR count). The second-order valence-corrected chi connectivity index (χ2v) is 3.61. The predicted molar refractivity (Wildman–Crippen MR) is 55.1 cm³/mol. The average molecular weight is 179 g/mol. The van der Waals surface area contributed by atoms with E-state index in [1.807, 2.05) is 0 Å². The maximum Gasteiger partial charge on any atom is 0.0571 e. The van der Waals surface area contributed by atoms with Gasteiger partial charge in [-0.25, -0.2) is 0 Å². The molecule has 0 aromatic carbocycles. The topological polar surface area (TPSA) is 9.23 Å². The lowest BCUT2D eigenvalue weighted by atomic mass is 9.87. The van der Waals surface area contributed by atoms with E-state index in [2.05, 4.69) is 18.3 Å². The lowest BCUT2D eigenvalue weighted by molar-refractivity contribution is 0.206. The zero-order valence-corrected chi connectivity index (χ0v) is 8.51. The van der Waals surface area contributed by atoms with Gasteiger partial charge in [0.25, 0.3) is 0 Å². The normalized spacial score (nSPS) is 17.9. The molecule has 1 nitrogen and oxygen atoms in total. The maximum atomic E-state index is 4.93. The minimum Gasteiger partial charge on any atom is -0.384 e. The Bertz CT molecular complexity index is 169. The average Bonchev–Trinajstić information content (AvgIpc) is 2.19. The van der Waals surface area contributed by atoms with E-state index in [4.69, 9.17) is 4.74 Å². The molecule has 0 spiro atoms. The van der Waals surface area contributed by atoms with Crippen LogP contribution >= 0.6 is 0 Å². The molecule has 0 aromatic heterocycles. The van der Waals surface area contributed by atoms with Crippen molar-refractivity contribution in [2.75, 3.05) is 13.7 Å².